The number of aromatic amines is 1. The Labute approximate surface area is 157 Å². The van der Waals surface area contributed by atoms with E-state index in [1.54, 1.807) is 9.80 Å². The smallest absolute Gasteiger partial charge is 0.272 e. The second-order valence-electron chi connectivity index (χ2n) is 6.95. The van der Waals surface area contributed by atoms with E-state index < -0.39 is 0 Å². The fraction of sp³-hybridized carbons (Fsp3) is 0.350. The van der Waals surface area contributed by atoms with Gasteiger partial charge in [-0.05, 0) is 50.1 Å². The SMILES string of the molecule is C=CC(=O)N1CCN(C(=O)c2cc(=O)n(-c3ccc(C)c(C)c3)[nH]2)[C@@H](C)C1. The fourth-order valence-corrected chi connectivity index (χ4v) is 3.31. The molecule has 2 aromatic rings. The summed E-state index contributed by atoms with van der Waals surface area (Å²) < 4.78 is 1.38. The number of H-pyrrole nitrogens is 1. The number of rotatable bonds is 3. The summed E-state index contributed by atoms with van der Waals surface area (Å²) in [6.07, 6.45) is 1.28. The standard InChI is InChI=1S/C20H24N4O3/c1-5-18(25)22-8-9-23(15(4)12-22)20(27)17-11-19(26)24(21-17)16-7-6-13(2)14(3)10-16/h5-7,10-11,15,21H,1,8-9,12H2,2-4H3/t15-/m0/s1. The van der Waals surface area contributed by atoms with Crippen LogP contribution >= 0.6 is 0 Å². The van der Waals surface area contributed by atoms with E-state index in [1.807, 2.05) is 39.0 Å². The van der Waals surface area contributed by atoms with Gasteiger partial charge in [-0.3, -0.25) is 19.5 Å². The van der Waals surface area contributed by atoms with Crippen molar-refractivity contribution in [2.45, 2.75) is 26.8 Å². The van der Waals surface area contributed by atoms with Crippen LogP contribution < -0.4 is 5.56 Å². The van der Waals surface area contributed by atoms with Crippen LogP contribution in [0.2, 0.25) is 0 Å². The lowest BCUT2D eigenvalue weighted by Crippen LogP contribution is -2.55. The Kier molecular flexibility index (Phi) is 5.03. The molecule has 27 heavy (non-hydrogen) atoms. The Hall–Kier alpha value is -3.09. The van der Waals surface area contributed by atoms with Crippen molar-refractivity contribution < 1.29 is 9.59 Å². The summed E-state index contributed by atoms with van der Waals surface area (Å²) in [5.41, 5.74) is 2.86. The first-order valence-corrected chi connectivity index (χ1v) is 8.94. The Morgan fingerprint density at radius 2 is 1.93 bits per heavy atom. The highest BCUT2D eigenvalue weighted by Crippen LogP contribution is 2.15. The van der Waals surface area contributed by atoms with Crippen LogP contribution in [0, 0.1) is 13.8 Å². The molecule has 1 aliphatic rings. The van der Waals surface area contributed by atoms with Gasteiger partial charge in [0.2, 0.25) is 5.91 Å². The number of hydrogen-bond acceptors (Lipinski definition) is 3. The number of carbonyl (C=O) groups excluding carboxylic acids is 2. The van der Waals surface area contributed by atoms with Crippen molar-refractivity contribution in [3.63, 3.8) is 0 Å². The van der Waals surface area contributed by atoms with Gasteiger partial charge in [0.15, 0.2) is 0 Å². The molecule has 7 heteroatoms. The minimum Gasteiger partial charge on any atom is -0.335 e. The quantitative estimate of drug-likeness (QED) is 0.837. The number of benzene rings is 1. The van der Waals surface area contributed by atoms with Crippen molar-refractivity contribution in [3.8, 4) is 5.69 Å². The number of aromatic nitrogens is 2. The summed E-state index contributed by atoms with van der Waals surface area (Å²) in [5, 5.41) is 2.92. The minimum atomic E-state index is -0.283. The lowest BCUT2D eigenvalue weighted by Gasteiger charge is -2.39. The molecule has 0 bridgehead atoms. The number of carbonyl (C=O) groups is 2. The van der Waals surface area contributed by atoms with E-state index in [4.69, 9.17) is 0 Å². The van der Waals surface area contributed by atoms with Crippen LogP contribution in [0.5, 0.6) is 0 Å². The van der Waals surface area contributed by atoms with E-state index in [0.717, 1.165) is 11.1 Å². The molecule has 1 N–H and O–H groups in total. The number of nitrogens with zero attached hydrogens (tertiary/aromatic N) is 3. The Morgan fingerprint density at radius 3 is 2.56 bits per heavy atom. The third-order valence-corrected chi connectivity index (χ3v) is 5.07. The van der Waals surface area contributed by atoms with Gasteiger partial charge in [0.1, 0.15) is 5.69 Å². The first kappa shape index (κ1) is 18.7. The van der Waals surface area contributed by atoms with Crippen LogP contribution in [0.25, 0.3) is 5.69 Å². The molecule has 7 nitrogen and oxygen atoms in total. The molecule has 1 fully saturated rings. The van der Waals surface area contributed by atoms with Gasteiger partial charge in [-0.15, -0.1) is 0 Å². The van der Waals surface area contributed by atoms with E-state index in [2.05, 4.69) is 11.7 Å². The van der Waals surface area contributed by atoms with Crippen molar-refractivity contribution in [3.05, 3.63) is 64.1 Å². The Morgan fingerprint density at radius 1 is 1.19 bits per heavy atom. The molecule has 0 spiro atoms. The number of nitrogens with one attached hydrogen (secondary N) is 1. The summed E-state index contributed by atoms with van der Waals surface area (Å²) in [6.45, 7) is 10.7. The molecule has 1 aliphatic heterocycles. The fourth-order valence-electron chi connectivity index (χ4n) is 3.31. The molecule has 3 rings (SSSR count). The van der Waals surface area contributed by atoms with E-state index in [1.165, 1.54) is 16.8 Å². The normalized spacial score (nSPS) is 17.1. The van der Waals surface area contributed by atoms with Crippen molar-refractivity contribution in [2.24, 2.45) is 0 Å². The van der Waals surface area contributed by atoms with Gasteiger partial charge in [-0.2, -0.15) is 0 Å². The van der Waals surface area contributed by atoms with E-state index in [-0.39, 0.29) is 29.1 Å². The minimum absolute atomic E-state index is 0.136. The topological polar surface area (TPSA) is 78.4 Å². The zero-order chi connectivity index (χ0) is 19.7. The number of aryl methyl sites for hydroxylation is 2. The lowest BCUT2D eigenvalue weighted by molar-refractivity contribution is -0.128. The third-order valence-electron chi connectivity index (χ3n) is 5.07. The van der Waals surface area contributed by atoms with E-state index in [9.17, 15) is 14.4 Å². The van der Waals surface area contributed by atoms with E-state index in [0.29, 0.717) is 25.3 Å². The van der Waals surface area contributed by atoms with Crippen molar-refractivity contribution in [2.75, 3.05) is 19.6 Å². The van der Waals surface area contributed by atoms with Crippen molar-refractivity contribution in [1.82, 2.24) is 19.6 Å². The maximum Gasteiger partial charge on any atom is 0.272 e. The molecular formula is C20H24N4O3. The van der Waals surface area contributed by atoms with Gasteiger partial charge < -0.3 is 9.80 Å². The molecule has 2 heterocycles. The first-order chi connectivity index (χ1) is 12.8. The van der Waals surface area contributed by atoms with Gasteiger partial charge in [0, 0.05) is 31.7 Å². The molecule has 142 valence electrons. The molecule has 1 saturated heterocycles. The molecule has 1 aromatic carbocycles. The third kappa shape index (κ3) is 3.58. The Bertz CT molecular complexity index is 956. The van der Waals surface area contributed by atoms with Gasteiger partial charge >= 0.3 is 0 Å². The number of hydrogen-bond donors (Lipinski definition) is 1. The van der Waals surface area contributed by atoms with Crippen LogP contribution in [0.1, 0.15) is 28.5 Å². The summed E-state index contributed by atoms with van der Waals surface area (Å²) in [5.74, 6) is -0.379. The Balaban J connectivity index is 1.82. The predicted octanol–water partition coefficient (Wildman–Crippen LogP) is 1.64. The molecule has 0 saturated carbocycles. The summed E-state index contributed by atoms with van der Waals surface area (Å²) in [4.78, 5) is 40.4. The van der Waals surface area contributed by atoms with Crippen LogP contribution in [0.3, 0.4) is 0 Å². The highest BCUT2D eigenvalue weighted by atomic mass is 16.2. The van der Waals surface area contributed by atoms with Crippen LogP contribution in [0.15, 0.2) is 41.7 Å². The van der Waals surface area contributed by atoms with Crippen molar-refractivity contribution in [1.29, 1.82) is 0 Å². The van der Waals surface area contributed by atoms with Gasteiger partial charge in [-0.1, -0.05) is 12.6 Å². The van der Waals surface area contributed by atoms with Gasteiger partial charge in [-0.25, -0.2) is 4.68 Å². The first-order valence-electron chi connectivity index (χ1n) is 8.94. The zero-order valence-corrected chi connectivity index (χ0v) is 15.9. The van der Waals surface area contributed by atoms with Crippen molar-refractivity contribution >= 4 is 11.8 Å². The summed E-state index contributed by atoms with van der Waals surface area (Å²) >= 11 is 0. The maximum atomic E-state index is 12.9. The van der Waals surface area contributed by atoms with Crippen LogP contribution in [-0.4, -0.2) is 57.1 Å². The van der Waals surface area contributed by atoms with Crippen LogP contribution in [0.4, 0.5) is 0 Å². The van der Waals surface area contributed by atoms with Gasteiger partial charge in [0.25, 0.3) is 11.5 Å². The molecule has 1 aromatic heterocycles. The van der Waals surface area contributed by atoms with E-state index >= 15 is 0 Å². The largest absolute Gasteiger partial charge is 0.335 e. The highest BCUT2D eigenvalue weighted by molar-refractivity contribution is 5.93. The molecule has 1 atom stereocenters. The average Bonchev–Trinajstić information content (AvgIpc) is 3.04. The van der Waals surface area contributed by atoms with Crippen LogP contribution in [-0.2, 0) is 4.79 Å². The summed E-state index contributed by atoms with van der Waals surface area (Å²) in [7, 11) is 0. The monoisotopic (exact) mass is 368 g/mol. The summed E-state index contributed by atoms with van der Waals surface area (Å²) in [6, 6.07) is 6.87. The molecular weight excluding hydrogens is 344 g/mol. The van der Waals surface area contributed by atoms with Gasteiger partial charge in [0.05, 0.1) is 5.69 Å². The molecule has 0 aliphatic carbocycles. The highest BCUT2D eigenvalue weighted by Gasteiger charge is 2.30. The molecule has 0 radical (unpaired) electrons. The zero-order valence-electron chi connectivity index (χ0n) is 15.9. The molecule has 2 amide bonds. The maximum absolute atomic E-state index is 12.9. The lowest BCUT2D eigenvalue weighted by atomic mass is 10.1. The molecule has 0 unspecified atom stereocenters. The second kappa shape index (κ2) is 7.26. The predicted molar refractivity (Wildman–Crippen MR) is 103 cm³/mol. The number of amides is 2. The second-order valence-corrected chi connectivity index (χ2v) is 6.95. The number of piperazine rings is 1. The average molecular weight is 368 g/mol.